The molecule has 0 bridgehead atoms. The first-order chi connectivity index (χ1) is 13.0. The third-order valence-electron chi connectivity index (χ3n) is 5.45. The normalized spacial score (nSPS) is 20.1. The van der Waals surface area contributed by atoms with Crippen LogP contribution < -0.4 is 26.4 Å². The van der Waals surface area contributed by atoms with Gasteiger partial charge in [0, 0.05) is 25.2 Å². The lowest BCUT2D eigenvalue weighted by molar-refractivity contribution is 0.414. The number of pyridine rings is 1. The Bertz CT molecular complexity index is 1190. The van der Waals surface area contributed by atoms with Crippen LogP contribution in [0.3, 0.4) is 0 Å². The summed E-state index contributed by atoms with van der Waals surface area (Å²) in [5.74, 6) is -0.190. The second kappa shape index (κ2) is 5.80. The Morgan fingerprint density at radius 1 is 1.33 bits per heavy atom. The molecule has 3 heterocycles. The second-order valence-corrected chi connectivity index (χ2v) is 8.07. The van der Waals surface area contributed by atoms with E-state index in [1.54, 1.807) is 0 Å². The van der Waals surface area contributed by atoms with E-state index in [1.165, 1.54) is 13.2 Å². The van der Waals surface area contributed by atoms with Gasteiger partial charge in [-0.2, -0.15) is 0 Å². The molecule has 1 aliphatic heterocycles. The number of aromatic amines is 1. The number of anilines is 1. The van der Waals surface area contributed by atoms with E-state index in [-0.39, 0.29) is 22.9 Å². The molecule has 1 saturated heterocycles. The van der Waals surface area contributed by atoms with Gasteiger partial charge in [0.1, 0.15) is 15.9 Å². The molecule has 0 amide bonds. The van der Waals surface area contributed by atoms with Gasteiger partial charge in [-0.3, -0.25) is 14.0 Å². The van der Waals surface area contributed by atoms with Gasteiger partial charge in [-0.15, -0.1) is 0 Å². The van der Waals surface area contributed by atoms with Crippen LogP contribution in [0.5, 0.6) is 5.75 Å². The summed E-state index contributed by atoms with van der Waals surface area (Å²) in [5, 5.41) is 0.275. The van der Waals surface area contributed by atoms with Gasteiger partial charge < -0.3 is 19.9 Å². The van der Waals surface area contributed by atoms with E-state index in [4.69, 9.17) is 10.5 Å². The van der Waals surface area contributed by atoms with E-state index in [1.807, 2.05) is 9.47 Å². The van der Waals surface area contributed by atoms with Crippen LogP contribution in [0.4, 0.5) is 10.1 Å². The molecule has 1 aliphatic carbocycles. The summed E-state index contributed by atoms with van der Waals surface area (Å²) in [7, 11) is 1.49. The summed E-state index contributed by atoms with van der Waals surface area (Å²) in [4.78, 5) is 27.6. The van der Waals surface area contributed by atoms with Gasteiger partial charge >= 0.3 is 0 Å². The second-order valence-electron chi connectivity index (χ2n) is 7.27. The maximum absolute atomic E-state index is 15.1. The fourth-order valence-electron chi connectivity index (χ4n) is 4.08. The standard InChI is InChI=1S/C18H19FN4O3S/c1-26-16-13-10(6-11(19)14(16)22-5-4-8(20)7-22)15(24)12-17(25)21-27-18(12)23(13)9-2-3-9/h6,8-9H,2-5,7,20H2,1H3,(H,21,25)/t8-/m0/s1. The van der Waals surface area contributed by atoms with Gasteiger partial charge in [0.25, 0.3) is 5.56 Å². The van der Waals surface area contributed by atoms with Crippen molar-refractivity contribution in [2.75, 3.05) is 25.1 Å². The maximum Gasteiger partial charge on any atom is 0.271 e. The summed E-state index contributed by atoms with van der Waals surface area (Å²) in [6.07, 6.45) is 2.67. The first-order valence-electron chi connectivity index (χ1n) is 8.97. The van der Waals surface area contributed by atoms with Crippen molar-refractivity contribution in [1.29, 1.82) is 0 Å². The highest BCUT2D eigenvalue weighted by Crippen LogP contribution is 2.45. The smallest absolute Gasteiger partial charge is 0.271 e. The number of nitrogens with one attached hydrogen (secondary N) is 1. The molecule has 2 aromatic heterocycles. The summed E-state index contributed by atoms with van der Waals surface area (Å²) >= 11 is 1.14. The van der Waals surface area contributed by atoms with Gasteiger partial charge in [-0.25, -0.2) is 4.39 Å². The largest absolute Gasteiger partial charge is 0.492 e. The van der Waals surface area contributed by atoms with E-state index < -0.39 is 16.8 Å². The van der Waals surface area contributed by atoms with Crippen molar-refractivity contribution < 1.29 is 9.13 Å². The Hall–Kier alpha value is -2.39. The molecule has 5 rings (SSSR count). The minimum absolute atomic E-state index is 0.0205. The van der Waals surface area contributed by atoms with Crippen LogP contribution in [0.25, 0.3) is 21.1 Å². The average Bonchev–Trinajstić information content (AvgIpc) is 3.28. The Labute approximate surface area is 157 Å². The molecule has 1 atom stereocenters. The highest BCUT2D eigenvalue weighted by Gasteiger charge is 2.33. The van der Waals surface area contributed by atoms with Crippen molar-refractivity contribution in [2.24, 2.45) is 5.73 Å². The first-order valence-corrected chi connectivity index (χ1v) is 9.79. The molecule has 0 radical (unpaired) electrons. The summed E-state index contributed by atoms with van der Waals surface area (Å²) < 4.78 is 25.4. The van der Waals surface area contributed by atoms with Crippen LogP contribution in [0.1, 0.15) is 25.3 Å². The lowest BCUT2D eigenvalue weighted by Gasteiger charge is -2.24. The van der Waals surface area contributed by atoms with Gasteiger partial charge in [0.2, 0.25) is 5.43 Å². The first kappa shape index (κ1) is 16.8. The molecule has 3 N–H and O–H groups in total. The fraction of sp³-hybridized carbons (Fsp3) is 0.444. The van der Waals surface area contributed by atoms with E-state index >= 15 is 4.39 Å². The number of ether oxygens (including phenoxy) is 1. The van der Waals surface area contributed by atoms with Crippen LogP contribution in [0.2, 0.25) is 0 Å². The predicted octanol–water partition coefficient (Wildman–Crippen LogP) is 1.92. The Kier molecular flexibility index (Phi) is 3.60. The van der Waals surface area contributed by atoms with Crippen LogP contribution in [0, 0.1) is 5.82 Å². The molecule has 2 aliphatic rings. The third-order valence-corrected chi connectivity index (χ3v) is 6.33. The van der Waals surface area contributed by atoms with Gasteiger partial charge in [0.05, 0.1) is 18.0 Å². The maximum atomic E-state index is 15.1. The molecule has 2 fully saturated rings. The zero-order chi connectivity index (χ0) is 18.9. The SMILES string of the molecule is COc1c(N2CC[C@H](N)C2)c(F)cc2c(=O)c3c(=O)[nH]sc3n(C3CC3)c12. The molecule has 27 heavy (non-hydrogen) atoms. The van der Waals surface area contributed by atoms with Crippen molar-refractivity contribution in [1.82, 2.24) is 8.94 Å². The molecular formula is C18H19FN4O3S. The Morgan fingerprint density at radius 3 is 2.74 bits per heavy atom. The van der Waals surface area contributed by atoms with E-state index in [9.17, 15) is 9.59 Å². The molecule has 1 aromatic carbocycles. The molecule has 3 aromatic rings. The monoisotopic (exact) mass is 390 g/mol. The third kappa shape index (κ3) is 2.34. The number of rotatable bonds is 3. The molecular weight excluding hydrogens is 371 g/mol. The van der Waals surface area contributed by atoms with Crippen molar-refractivity contribution in [3.63, 3.8) is 0 Å². The quantitative estimate of drug-likeness (QED) is 0.713. The number of hydrogen-bond acceptors (Lipinski definition) is 6. The van der Waals surface area contributed by atoms with Crippen molar-refractivity contribution in [3.05, 3.63) is 32.5 Å². The highest BCUT2D eigenvalue weighted by atomic mass is 32.1. The van der Waals surface area contributed by atoms with Crippen molar-refractivity contribution in [2.45, 2.75) is 31.3 Å². The van der Waals surface area contributed by atoms with E-state index in [0.717, 1.165) is 30.8 Å². The summed E-state index contributed by atoms with van der Waals surface area (Å²) in [5.41, 5.74) is 6.03. The number of methoxy groups -OCH3 is 1. The van der Waals surface area contributed by atoms with E-state index in [0.29, 0.717) is 34.9 Å². The number of H-pyrrole nitrogens is 1. The number of nitrogens with zero attached hydrogens (tertiary/aromatic N) is 2. The van der Waals surface area contributed by atoms with Crippen LogP contribution >= 0.6 is 11.5 Å². The zero-order valence-electron chi connectivity index (χ0n) is 14.8. The topological polar surface area (TPSA) is 93.3 Å². The lowest BCUT2D eigenvalue weighted by atomic mass is 10.1. The number of hydrogen-bond donors (Lipinski definition) is 2. The van der Waals surface area contributed by atoms with Gasteiger partial charge in [0.15, 0.2) is 11.6 Å². The summed E-state index contributed by atoms with van der Waals surface area (Å²) in [6.45, 7) is 1.17. The van der Waals surface area contributed by atoms with Crippen molar-refractivity contribution in [3.8, 4) is 5.75 Å². The van der Waals surface area contributed by atoms with Gasteiger partial charge in [-0.1, -0.05) is 0 Å². The molecule has 0 spiro atoms. The number of aromatic nitrogens is 2. The number of nitrogens with two attached hydrogens (primary N) is 1. The molecule has 7 nitrogen and oxygen atoms in total. The predicted molar refractivity (Wildman–Crippen MR) is 104 cm³/mol. The van der Waals surface area contributed by atoms with Crippen LogP contribution in [-0.2, 0) is 0 Å². The molecule has 1 saturated carbocycles. The van der Waals surface area contributed by atoms with Crippen LogP contribution in [-0.4, -0.2) is 35.2 Å². The molecule has 142 valence electrons. The zero-order valence-corrected chi connectivity index (χ0v) is 15.6. The number of fused-ring (bicyclic) bond motifs is 2. The molecule has 0 unspecified atom stereocenters. The number of halogens is 1. The lowest BCUT2D eigenvalue weighted by Crippen LogP contribution is -2.27. The average molecular weight is 390 g/mol. The Morgan fingerprint density at radius 2 is 2.11 bits per heavy atom. The molecule has 9 heteroatoms. The van der Waals surface area contributed by atoms with Crippen molar-refractivity contribution >= 4 is 38.3 Å². The highest BCUT2D eigenvalue weighted by molar-refractivity contribution is 7.12. The minimum atomic E-state index is -0.529. The minimum Gasteiger partial charge on any atom is -0.492 e. The van der Waals surface area contributed by atoms with Gasteiger partial charge in [-0.05, 0) is 36.9 Å². The summed E-state index contributed by atoms with van der Waals surface area (Å²) in [6, 6.07) is 1.40. The van der Waals surface area contributed by atoms with E-state index in [2.05, 4.69) is 4.37 Å². The fourth-order valence-corrected chi connectivity index (χ4v) is 5.00. The number of benzene rings is 1. The van der Waals surface area contributed by atoms with Crippen LogP contribution in [0.15, 0.2) is 15.7 Å². The Balaban J connectivity index is 1.94.